The quantitative estimate of drug-likeness (QED) is 0.731. The summed E-state index contributed by atoms with van der Waals surface area (Å²) in [5, 5.41) is 0. The van der Waals surface area contributed by atoms with Crippen LogP contribution in [0.2, 0.25) is 0 Å². The molecular weight excluding hydrogens is 324 g/mol. The van der Waals surface area contributed by atoms with E-state index in [1.165, 1.54) is 41.5 Å². The van der Waals surface area contributed by atoms with Gasteiger partial charge in [-0.1, -0.05) is 42.8 Å². The summed E-state index contributed by atoms with van der Waals surface area (Å²) in [4.78, 5) is 2.59. The van der Waals surface area contributed by atoms with Gasteiger partial charge in [-0.05, 0) is 55.7 Å². The molecule has 0 spiro atoms. The molecule has 2 N–H and O–H groups in total. The topological polar surface area (TPSA) is 29.3 Å². The van der Waals surface area contributed by atoms with Crippen molar-refractivity contribution in [1.29, 1.82) is 0 Å². The summed E-state index contributed by atoms with van der Waals surface area (Å²) in [5.74, 6) is 0.761. The molecule has 1 unspecified atom stereocenters. The van der Waals surface area contributed by atoms with Crippen LogP contribution < -0.4 is 10.6 Å². The second-order valence-corrected chi connectivity index (χ2v) is 7.61. The maximum absolute atomic E-state index is 6.08. The van der Waals surface area contributed by atoms with Gasteiger partial charge in [0.2, 0.25) is 0 Å². The van der Waals surface area contributed by atoms with E-state index in [0.29, 0.717) is 0 Å². The Morgan fingerprint density at radius 1 is 1.33 bits per heavy atom. The second-order valence-electron chi connectivity index (χ2n) is 6.76. The van der Waals surface area contributed by atoms with Crippen LogP contribution in [0.25, 0.3) is 0 Å². The number of hydrogen-bond acceptors (Lipinski definition) is 2. The first-order valence-corrected chi connectivity index (χ1v) is 9.11. The summed E-state index contributed by atoms with van der Waals surface area (Å²) in [7, 11) is 0. The molecule has 21 heavy (non-hydrogen) atoms. The van der Waals surface area contributed by atoms with Gasteiger partial charge in [0.15, 0.2) is 0 Å². The van der Waals surface area contributed by atoms with Gasteiger partial charge in [-0.15, -0.1) is 0 Å². The molecule has 1 fully saturated rings. The highest BCUT2D eigenvalue weighted by Gasteiger charge is 2.29. The number of nitrogens with zero attached hydrogens (tertiary/aromatic N) is 1. The molecular formula is C18H29BrN2. The summed E-state index contributed by atoms with van der Waals surface area (Å²) in [6, 6.07) is 7.84. The lowest BCUT2D eigenvalue weighted by Crippen LogP contribution is -2.28. The van der Waals surface area contributed by atoms with E-state index in [2.05, 4.69) is 59.8 Å². The van der Waals surface area contributed by atoms with E-state index < -0.39 is 0 Å². The SMILES string of the molecule is CCC(N)Cc1ccc(N(CCC(C)C)C2CC2)cc1Br. The predicted molar refractivity (Wildman–Crippen MR) is 95.9 cm³/mol. The molecule has 2 nitrogen and oxygen atoms in total. The summed E-state index contributed by atoms with van der Waals surface area (Å²) in [6.07, 6.45) is 5.93. The van der Waals surface area contributed by atoms with E-state index in [9.17, 15) is 0 Å². The molecule has 0 radical (unpaired) electrons. The fraction of sp³-hybridized carbons (Fsp3) is 0.667. The molecule has 3 heteroatoms. The Hall–Kier alpha value is -0.540. The maximum atomic E-state index is 6.08. The van der Waals surface area contributed by atoms with E-state index in [-0.39, 0.29) is 6.04 Å². The van der Waals surface area contributed by atoms with Crippen LogP contribution in [-0.4, -0.2) is 18.6 Å². The van der Waals surface area contributed by atoms with E-state index in [0.717, 1.165) is 24.8 Å². The standard InChI is InChI=1S/C18H29BrN2/c1-4-15(20)11-14-5-6-17(12-18(14)19)21(16-7-8-16)10-9-13(2)3/h5-6,12-13,15-16H,4,7-11,20H2,1-3H3. The molecule has 0 aliphatic heterocycles. The van der Waals surface area contributed by atoms with Crippen molar-refractivity contribution in [3.05, 3.63) is 28.2 Å². The van der Waals surface area contributed by atoms with Gasteiger partial charge in [0.05, 0.1) is 0 Å². The Labute approximate surface area is 138 Å². The third-order valence-corrected chi connectivity index (χ3v) is 5.05. The van der Waals surface area contributed by atoms with Gasteiger partial charge in [-0.2, -0.15) is 0 Å². The van der Waals surface area contributed by atoms with Gasteiger partial charge in [0, 0.05) is 28.8 Å². The van der Waals surface area contributed by atoms with Crippen molar-refractivity contribution in [2.45, 2.75) is 65.0 Å². The van der Waals surface area contributed by atoms with Gasteiger partial charge in [-0.25, -0.2) is 0 Å². The summed E-state index contributed by atoms with van der Waals surface area (Å²) < 4.78 is 1.21. The van der Waals surface area contributed by atoms with Crippen molar-refractivity contribution in [3.63, 3.8) is 0 Å². The molecule has 0 aromatic heterocycles. The number of hydrogen-bond donors (Lipinski definition) is 1. The lowest BCUT2D eigenvalue weighted by atomic mass is 10.0. The van der Waals surface area contributed by atoms with E-state index in [1.54, 1.807) is 0 Å². The Bertz CT molecular complexity index is 455. The highest BCUT2D eigenvalue weighted by molar-refractivity contribution is 9.10. The average Bonchev–Trinajstić information content (AvgIpc) is 3.26. The normalized spacial score (nSPS) is 16.3. The molecule has 1 atom stereocenters. The number of rotatable bonds is 8. The van der Waals surface area contributed by atoms with Crippen molar-refractivity contribution in [3.8, 4) is 0 Å². The van der Waals surface area contributed by atoms with Crippen LogP contribution in [0.5, 0.6) is 0 Å². The van der Waals surface area contributed by atoms with Crippen molar-refractivity contribution in [1.82, 2.24) is 0 Å². The predicted octanol–water partition coefficient (Wildman–Crippen LogP) is 4.74. The number of benzene rings is 1. The minimum Gasteiger partial charge on any atom is -0.369 e. The zero-order valence-corrected chi connectivity index (χ0v) is 15.2. The first kappa shape index (κ1) is 16.8. The van der Waals surface area contributed by atoms with Crippen LogP contribution in [0, 0.1) is 5.92 Å². The molecule has 1 aliphatic carbocycles. The molecule has 1 aliphatic rings. The Balaban J connectivity index is 2.09. The number of anilines is 1. The van der Waals surface area contributed by atoms with Crippen molar-refractivity contribution in [2.75, 3.05) is 11.4 Å². The third kappa shape index (κ3) is 5.00. The summed E-state index contributed by atoms with van der Waals surface area (Å²) in [5.41, 5.74) is 8.77. The highest BCUT2D eigenvalue weighted by Crippen LogP contribution is 2.34. The van der Waals surface area contributed by atoms with Crippen LogP contribution in [-0.2, 0) is 6.42 Å². The van der Waals surface area contributed by atoms with Crippen LogP contribution in [0.15, 0.2) is 22.7 Å². The van der Waals surface area contributed by atoms with Gasteiger partial charge in [0.1, 0.15) is 0 Å². The molecule has 0 amide bonds. The lowest BCUT2D eigenvalue weighted by molar-refractivity contribution is 0.570. The summed E-state index contributed by atoms with van der Waals surface area (Å²) in [6.45, 7) is 7.92. The fourth-order valence-electron chi connectivity index (χ4n) is 2.61. The first-order chi connectivity index (χ1) is 10.0. The van der Waals surface area contributed by atoms with Crippen molar-refractivity contribution >= 4 is 21.6 Å². The van der Waals surface area contributed by atoms with Crippen molar-refractivity contribution in [2.24, 2.45) is 11.7 Å². The zero-order chi connectivity index (χ0) is 15.4. The Kier molecular flexibility index (Phi) is 6.12. The smallest absolute Gasteiger partial charge is 0.0380 e. The molecule has 1 aromatic rings. The molecule has 0 saturated heterocycles. The molecule has 1 saturated carbocycles. The lowest BCUT2D eigenvalue weighted by Gasteiger charge is -2.26. The van der Waals surface area contributed by atoms with Gasteiger partial charge < -0.3 is 10.6 Å². The molecule has 118 valence electrons. The van der Waals surface area contributed by atoms with E-state index >= 15 is 0 Å². The number of nitrogens with two attached hydrogens (primary N) is 1. The van der Waals surface area contributed by atoms with E-state index in [1.807, 2.05) is 0 Å². The van der Waals surface area contributed by atoms with Crippen molar-refractivity contribution < 1.29 is 0 Å². The third-order valence-electron chi connectivity index (χ3n) is 4.31. The molecule has 0 heterocycles. The summed E-state index contributed by atoms with van der Waals surface area (Å²) >= 11 is 3.74. The van der Waals surface area contributed by atoms with Crippen LogP contribution in [0.4, 0.5) is 5.69 Å². The van der Waals surface area contributed by atoms with Gasteiger partial charge >= 0.3 is 0 Å². The van der Waals surface area contributed by atoms with E-state index in [4.69, 9.17) is 5.73 Å². The van der Waals surface area contributed by atoms with Gasteiger partial charge in [-0.3, -0.25) is 0 Å². The maximum Gasteiger partial charge on any atom is 0.0380 e. The highest BCUT2D eigenvalue weighted by atomic mass is 79.9. The minimum absolute atomic E-state index is 0.257. The average molecular weight is 353 g/mol. The Morgan fingerprint density at radius 2 is 2.05 bits per heavy atom. The monoisotopic (exact) mass is 352 g/mol. The fourth-order valence-corrected chi connectivity index (χ4v) is 3.14. The van der Waals surface area contributed by atoms with Crippen LogP contribution >= 0.6 is 15.9 Å². The number of halogens is 1. The van der Waals surface area contributed by atoms with Crippen LogP contribution in [0.1, 0.15) is 52.0 Å². The van der Waals surface area contributed by atoms with Crippen LogP contribution in [0.3, 0.4) is 0 Å². The first-order valence-electron chi connectivity index (χ1n) is 8.31. The second kappa shape index (κ2) is 7.64. The zero-order valence-electron chi connectivity index (χ0n) is 13.6. The minimum atomic E-state index is 0.257. The molecule has 0 bridgehead atoms. The molecule has 1 aromatic carbocycles. The Morgan fingerprint density at radius 3 is 2.57 bits per heavy atom. The largest absolute Gasteiger partial charge is 0.369 e. The molecule has 2 rings (SSSR count). The van der Waals surface area contributed by atoms with Gasteiger partial charge in [0.25, 0.3) is 0 Å².